The van der Waals surface area contributed by atoms with Gasteiger partial charge in [-0.2, -0.15) is 5.26 Å². The highest BCUT2D eigenvalue weighted by molar-refractivity contribution is 5.72. The third kappa shape index (κ3) is 7.00. The maximum atomic E-state index is 14.5. The lowest BCUT2D eigenvalue weighted by molar-refractivity contribution is -0.141. The molecular weight excluding hydrogens is 577 g/mol. The van der Waals surface area contributed by atoms with Gasteiger partial charge in [-0.3, -0.25) is 14.7 Å². The Morgan fingerprint density at radius 1 is 1.02 bits per heavy atom. The van der Waals surface area contributed by atoms with Crippen LogP contribution in [-0.2, 0) is 31.2 Å². The van der Waals surface area contributed by atoms with Crippen molar-refractivity contribution in [3.63, 3.8) is 0 Å². The summed E-state index contributed by atoms with van der Waals surface area (Å²) in [6.45, 7) is 2.27. The van der Waals surface area contributed by atoms with E-state index in [9.17, 15) is 19.6 Å². The number of alkyl halides is 1. The highest BCUT2D eigenvalue weighted by Gasteiger charge is 2.28. The van der Waals surface area contributed by atoms with Gasteiger partial charge in [0.2, 0.25) is 0 Å². The molecule has 1 unspecified atom stereocenters. The van der Waals surface area contributed by atoms with Crippen LogP contribution in [0, 0.1) is 17.2 Å². The molecule has 230 valence electrons. The van der Waals surface area contributed by atoms with E-state index in [0.717, 1.165) is 22.3 Å². The lowest BCUT2D eigenvalue weighted by Gasteiger charge is -2.20. The second-order valence-corrected chi connectivity index (χ2v) is 11.0. The Labute approximate surface area is 260 Å². The molecule has 0 bridgehead atoms. The van der Waals surface area contributed by atoms with Crippen LogP contribution in [0.4, 0.5) is 4.39 Å². The standard InChI is InChI=1S/C35H32FN3O6/c36-15-31-28(2-1-3-30(31)25-5-7-32-34(13-25)43-11-10-42-32)22-44-29-6-4-26(19-39-9-8-27(20-39)35(40)41)33(14-29)45-21-24-12-23(16-37)17-38-18-24/h1-7,12-14,17-18,27H,8-11,15,19-22H2,(H,40,41). The molecule has 1 fully saturated rings. The Bertz CT molecular complexity index is 1740. The normalized spacial score (nSPS) is 15.8. The number of likely N-dealkylation sites (tertiary alicyclic amines) is 1. The molecule has 45 heavy (non-hydrogen) atoms. The van der Waals surface area contributed by atoms with Gasteiger partial charge in [0, 0.05) is 42.7 Å². The van der Waals surface area contributed by atoms with Crippen LogP contribution in [0.5, 0.6) is 23.0 Å². The molecule has 0 amide bonds. The van der Waals surface area contributed by atoms with Crippen molar-refractivity contribution in [1.82, 2.24) is 9.88 Å². The van der Waals surface area contributed by atoms with E-state index in [0.29, 0.717) is 79.0 Å². The maximum Gasteiger partial charge on any atom is 0.307 e. The maximum absolute atomic E-state index is 14.5. The lowest BCUT2D eigenvalue weighted by atomic mass is 9.96. The van der Waals surface area contributed by atoms with Crippen LogP contribution < -0.4 is 18.9 Å². The first kappa shape index (κ1) is 29.9. The number of pyridine rings is 1. The van der Waals surface area contributed by atoms with E-state index in [1.165, 1.54) is 6.20 Å². The molecule has 1 atom stereocenters. The summed E-state index contributed by atoms with van der Waals surface area (Å²) < 4.78 is 38.3. The first-order valence-electron chi connectivity index (χ1n) is 14.7. The number of nitriles is 1. The number of aromatic nitrogens is 1. The number of carboxylic acids is 1. The van der Waals surface area contributed by atoms with Crippen molar-refractivity contribution in [2.24, 2.45) is 5.92 Å². The lowest BCUT2D eigenvalue weighted by Crippen LogP contribution is -2.23. The van der Waals surface area contributed by atoms with Crippen LogP contribution in [0.25, 0.3) is 11.1 Å². The zero-order valence-electron chi connectivity index (χ0n) is 24.6. The number of aliphatic carboxylic acids is 1. The number of hydrogen-bond donors (Lipinski definition) is 1. The predicted molar refractivity (Wildman–Crippen MR) is 163 cm³/mol. The van der Waals surface area contributed by atoms with Crippen molar-refractivity contribution in [1.29, 1.82) is 5.26 Å². The summed E-state index contributed by atoms with van der Waals surface area (Å²) in [6.07, 6.45) is 3.73. The minimum Gasteiger partial charge on any atom is -0.489 e. The molecule has 4 aromatic rings. The molecule has 2 aliphatic rings. The van der Waals surface area contributed by atoms with Crippen LogP contribution in [-0.4, -0.2) is 47.3 Å². The van der Waals surface area contributed by atoms with Crippen LogP contribution in [0.1, 0.15) is 34.2 Å². The van der Waals surface area contributed by atoms with Crippen LogP contribution in [0.3, 0.4) is 0 Å². The number of ether oxygens (including phenoxy) is 4. The van der Waals surface area contributed by atoms with E-state index < -0.39 is 12.6 Å². The third-order valence-corrected chi connectivity index (χ3v) is 8.03. The van der Waals surface area contributed by atoms with Gasteiger partial charge in [-0.25, -0.2) is 4.39 Å². The molecule has 3 heterocycles. The van der Waals surface area contributed by atoms with Gasteiger partial charge >= 0.3 is 5.97 Å². The zero-order valence-corrected chi connectivity index (χ0v) is 24.6. The second-order valence-electron chi connectivity index (χ2n) is 11.0. The summed E-state index contributed by atoms with van der Waals surface area (Å²) in [6, 6.07) is 20.6. The Hall–Kier alpha value is -5.14. The van der Waals surface area contributed by atoms with Gasteiger partial charge in [-0.1, -0.05) is 30.3 Å². The Balaban J connectivity index is 1.22. The van der Waals surface area contributed by atoms with Gasteiger partial charge in [-0.15, -0.1) is 0 Å². The van der Waals surface area contributed by atoms with Crippen molar-refractivity contribution in [2.75, 3.05) is 26.3 Å². The molecule has 0 saturated carbocycles. The number of nitrogens with zero attached hydrogens (tertiary/aromatic N) is 3. The average molecular weight is 610 g/mol. The smallest absolute Gasteiger partial charge is 0.307 e. The van der Waals surface area contributed by atoms with E-state index in [2.05, 4.69) is 16.0 Å². The average Bonchev–Trinajstić information content (AvgIpc) is 3.56. The number of rotatable bonds is 11. The fourth-order valence-electron chi connectivity index (χ4n) is 5.67. The highest BCUT2D eigenvalue weighted by Crippen LogP contribution is 2.37. The molecule has 0 spiro atoms. The minimum absolute atomic E-state index is 0.136. The van der Waals surface area contributed by atoms with Crippen molar-refractivity contribution >= 4 is 5.97 Å². The van der Waals surface area contributed by atoms with Gasteiger partial charge in [-0.05, 0) is 59.5 Å². The minimum atomic E-state index is -0.784. The Kier molecular flexibility index (Phi) is 9.08. The number of hydrogen-bond acceptors (Lipinski definition) is 8. The summed E-state index contributed by atoms with van der Waals surface area (Å²) in [5.74, 6) is 1.25. The highest BCUT2D eigenvalue weighted by atomic mass is 19.1. The van der Waals surface area contributed by atoms with Gasteiger partial charge < -0.3 is 24.1 Å². The SMILES string of the molecule is N#Cc1cncc(COc2cc(OCc3cccc(-c4ccc5c(c4)OCCO5)c3CF)ccc2CN2CCC(C(=O)O)C2)c1. The molecule has 6 rings (SSSR count). The molecule has 2 aliphatic heterocycles. The van der Waals surface area contributed by atoms with E-state index in [-0.39, 0.29) is 19.1 Å². The fourth-order valence-corrected chi connectivity index (χ4v) is 5.67. The summed E-state index contributed by atoms with van der Waals surface area (Å²) >= 11 is 0. The first-order chi connectivity index (χ1) is 22.0. The largest absolute Gasteiger partial charge is 0.489 e. The summed E-state index contributed by atoms with van der Waals surface area (Å²) in [4.78, 5) is 17.7. The van der Waals surface area contributed by atoms with E-state index >= 15 is 0 Å². The zero-order chi connectivity index (χ0) is 31.2. The predicted octanol–water partition coefficient (Wildman–Crippen LogP) is 5.93. The monoisotopic (exact) mass is 609 g/mol. The fraction of sp³-hybridized carbons (Fsp3) is 0.286. The number of carboxylic acid groups (broad SMARTS) is 1. The summed E-state index contributed by atoms with van der Waals surface area (Å²) in [7, 11) is 0. The van der Waals surface area contributed by atoms with Crippen molar-refractivity contribution < 1.29 is 33.2 Å². The molecule has 9 nitrogen and oxygen atoms in total. The second kappa shape index (κ2) is 13.7. The first-order valence-corrected chi connectivity index (χ1v) is 14.7. The molecule has 10 heteroatoms. The molecule has 0 radical (unpaired) electrons. The Morgan fingerprint density at radius 2 is 1.89 bits per heavy atom. The van der Waals surface area contributed by atoms with Crippen LogP contribution >= 0.6 is 0 Å². The summed E-state index contributed by atoms with van der Waals surface area (Å²) in [5, 5.41) is 18.7. The quantitative estimate of drug-likeness (QED) is 0.221. The number of benzene rings is 3. The van der Waals surface area contributed by atoms with Crippen molar-refractivity contribution in [2.45, 2.75) is 32.9 Å². The van der Waals surface area contributed by atoms with Gasteiger partial charge in [0.1, 0.15) is 50.7 Å². The number of fused-ring (bicyclic) bond motifs is 1. The summed E-state index contributed by atoms with van der Waals surface area (Å²) in [5.41, 5.74) is 4.89. The topological polar surface area (TPSA) is 114 Å². The third-order valence-electron chi connectivity index (χ3n) is 8.03. The van der Waals surface area contributed by atoms with E-state index in [4.69, 9.17) is 18.9 Å². The van der Waals surface area contributed by atoms with E-state index in [1.54, 1.807) is 18.3 Å². The number of carbonyl (C=O) groups is 1. The van der Waals surface area contributed by atoms with E-state index in [1.807, 2.05) is 48.5 Å². The Morgan fingerprint density at radius 3 is 2.69 bits per heavy atom. The van der Waals surface area contributed by atoms with Crippen molar-refractivity contribution in [3.8, 4) is 40.2 Å². The van der Waals surface area contributed by atoms with Gasteiger partial charge in [0.15, 0.2) is 11.5 Å². The van der Waals surface area contributed by atoms with Crippen molar-refractivity contribution in [3.05, 3.63) is 101 Å². The van der Waals surface area contributed by atoms with Gasteiger partial charge in [0.05, 0.1) is 11.5 Å². The molecule has 3 aromatic carbocycles. The molecular formula is C35H32FN3O6. The molecule has 0 aliphatic carbocycles. The number of halogens is 1. The van der Waals surface area contributed by atoms with Crippen LogP contribution in [0.2, 0.25) is 0 Å². The van der Waals surface area contributed by atoms with Crippen LogP contribution in [0.15, 0.2) is 73.1 Å². The molecule has 1 aromatic heterocycles. The molecule has 1 saturated heterocycles. The molecule has 1 N–H and O–H groups in total. The van der Waals surface area contributed by atoms with Gasteiger partial charge in [0.25, 0.3) is 0 Å².